The Labute approximate surface area is 122 Å². The van der Waals surface area contributed by atoms with Gasteiger partial charge in [-0.05, 0) is 34.8 Å². The first-order chi connectivity index (χ1) is 9.41. The molecule has 0 aromatic heterocycles. The van der Waals surface area contributed by atoms with Crippen LogP contribution in [0.3, 0.4) is 0 Å². The molecule has 106 valence electrons. The third-order valence-electron chi connectivity index (χ3n) is 3.19. The van der Waals surface area contributed by atoms with Gasteiger partial charge in [0.1, 0.15) is 6.04 Å². The SMILES string of the molecule is O=C(O)[C@H]1CCCN1C(=O)c1ccc([N+](=O)[O-])cc1Br. The second kappa shape index (κ2) is 5.58. The van der Waals surface area contributed by atoms with Crippen LogP contribution < -0.4 is 0 Å². The minimum Gasteiger partial charge on any atom is -0.480 e. The largest absolute Gasteiger partial charge is 0.480 e. The van der Waals surface area contributed by atoms with E-state index in [2.05, 4.69) is 15.9 Å². The maximum atomic E-state index is 12.3. The number of benzene rings is 1. The van der Waals surface area contributed by atoms with E-state index in [1.165, 1.54) is 23.1 Å². The van der Waals surface area contributed by atoms with E-state index < -0.39 is 22.8 Å². The summed E-state index contributed by atoms with van der Waals surface area (Å²) in [5.74, 6) is -1.47. The van der Waals surface area contributed by atoms with Gasteiger partial charge in [-0.25, -0.2) is 4.79 Å². The van der Waals surface area contributed by atoms with E-state index in [0.29, 0.717) is 19.4 Å². The van der Waals surface area contributed by atoms with E-state index in [-0.39, 0.29) is 15.7 Å². The first-order valence-corrected chi connectivity index (χ1v) is 6.69. The van der Waals surface area contributed by atoms with E-state index in [4.69, 9.17) is 5.11 Å². The highest BCUT2D eigenvalue weighted by Gasteiger charge is 2.35. The average Bonchev–Trinajstić information content (AvgIpc) is 2.87. The van der Waals surface area contributed by atoms with Gasteiger partial charge in [0.15, 0.2) is 0 Å². The third-order valence-corrected chi connectivity index (χ3v) is 3.85. The number of carboxylic acid groups (broad SMARTS) is 1. The highest BCUT2D eigenvalue weighted by atomic mass is 79.9. The van der Waals surface area contributed by atoms with E-state index in [1.807, 2.05) is 0 Å². The van der Waals surface area contributed by atoms with Crippen molar-refractivity contribution in [2.75, 3.05) is 6.54 Å². The molecule has 0 aliphatic carbocycles. The lowest BCUT2D eigenvalue weighted by Gasteiger charge is -2.21. The molecule has 1 aromatic rings. The molecule has 1 aliphatic rings. The maximum absolute atomic E-state index is 12.3. The number of halogens is 1. The zero-order chi connectivity index (χ0) is 14.9. The summed E-state index contributed by atoms with van der Waals surface area (Å²) in [5, 5.41) is 19.7. The molecule has 0 spiro atoms. The van der Waals surface area contributed by atoms with Crippen LogP contribution in [-0.2, 0) is 4.79 Å². The maximum Gasteiger partial charge on any atom is 0.326 e. The molecule has 1 heterocycles. The molecule has 0 radical (unpaired) electrons. The summed E-state index contributed by atoms with van der Waals surface area (Å²) in [4.78, 5) is 34.8. The highest BCUT2D eigenvalue weighted by molar-refractivity contribution is 9.10. The summed E-state index contributed by atoms with van der Waals surface area (Å²) >= 11 is 3.12. The van der Waals surface area contributed by atoms with Gasteiger partial charge in [0.25, 0.3) is 11.6 Å². The summed E-state index contributed by atoms with van der Waals surface area (Å²) in [6.45, 7) is 0.374. The number of nitro benzene ring substituents is 1. The Morgan fingerprint density at radius 2 is 2.15 bits per heavy atom. The molecule has 1 amide bonds. The van der Waals surface area contributed by atoms with Crippen LogP contribution in [0, 0.1) is 10.1 Å². The van der Waals surface area contributed by atoms with Gasteiger partial charge in [0.05, 0.1) is 10.5 Å². The summed E-state index contributed by atoms with van der Waals surface area (Å²) in [6.07, 6.45) is 1.05. The van der Waals surface area contributed by atoms with Crippen LogP contribution in [0.15, 0.2) is 22.7 Å². The van der Waals surface area contributed by atoms with Crippen molar-refractivity contribution < 1.29 is 19.6 Å². The molecular weight excluding hydrogens is 332 g/mol. The predicted octanol–water partition coefficient (Wildman–Crippen LogP) is 2.05. The van der Waals surface area contributed by atoms with Crippen LogP contribution in [0.1, 0.15) is 23.2 Å². The second-order valence-corrected chi connectivity index (χ2v) is 5.27. The van der Waals surface area contributed by atoms with Crippen molar-refractivity contribution in [3.05, 3.63) is 38.3 Å². The molecule has 0 unspecified atom stereocenters. The third kappa shape index (κ3) is 2.64. The quantitative estimate of drug-likeness (QED) is 0.669. The van der Waals surface area contributed by atoms with Gasteiger partial charge in [-0.1, -0.05) is 0 Å². The fourth-order valence-electron chi connectivity index (χ4n) is 2.21. The zero-order valence-electron chi connectivity index (χ0n) is 10.3. The molecule has 1 aliphatic heterocycles. The number of carbonyl (C=O) groups excluding carboxylic acids is 1. The Kier molecular flexibility index (Phi) is 4.03. The number of carboxylic acids is 1. The molecule has 2 rings (SSSR count). The number of hydrogen-bond donors (Lipinski definition) is 1. The van der Waals surface area contributed by atoms with Crippen molar-refractivity contribution >= 4 is 33.5 Å². The molecule has 7 nitrogen and oxygen atoms in total. The topological polar surface area (TPSA) is 101 Å². The Morgan fingerprint density at radius 1 is 1.45 bits per heavy atom. The molecule has 1 atom stereocenters. The fraction of sp³-hybridized carbons (Fsp3) is 0.333. The Hall–Kier alpha value is -1.96. The number of rotatable bonds is 3. The van der Waals surface area contributed by atoms with Crippen molar-refractivity contribution in [2.24, 2.45) is 0 Å². The molecular formula is C12H11BrN2O5. The summed E-state index contributed by atoms with van der Waals surface area (Å²) < 4.78 is 0.285. The van der Waals surface area contributed by atoms with Crippen LogP contribution in [-0.4, -0.2) is 39.4 Å². The van der Waals surface area contributed by atoms with Gasteiger partial charge in [0, 0.05) is 23.2 Å². The Morgan fingerprint density at radius 3 is 2.70 bits per heavy atom. The van der Waals surface area contributed by atoms with E-state index in [1.54, 1.807) is 0 Å². The number of nitro groups is 1. The van der Waals surface area contributed by atoms with Crippen molar-refractivity contribution in [3.63, 3.8) is 0 Å². The first kappa shape index (κ1) is 14.4. The van der Waals surface area contributed by atoms with Gasteiger partial charge in [-0.2, -0.15) is 0 Å². The number of non-ortho nitro benzene ring substituents is 1. The van der Waals surface area contributed by atoms with E-state index in [9.17, 15) is 19.7 Å². The number of likely N-dealkylation sites (tertiary alicyclic amines) is 1. The number of nitrogens with zero attached hydrogens (tertiary/aromatic N) is 2. The van der Waals surface area contributed by atoms with Crippen LogP contribution in [0.4, 0.5) is 5.69 Å². The Balaban J connectivity index is 2.29. The van der Waals surface area contributed by atoms with Gasteiger partial charge >= 0.3 is 5.97 Å². The minimum absolute atomic E-state index is 0.135. The molecule has 1 aromatic carbocycles. The molecule has 1 saturated heterocycles. The molecule has 8 heteroatoms. The molecule has 1 fully saturated rings. The molecule has 0 bridgehead atoms. The molecule has 1 N–H and O–H groups in total. The van der Waals surface area contributed by atoms with Crippen molar-refractivity contribution in [2.45, 2.75) is 18.9 Å². The number of amides is 1. The molecule has 20 heavy (non-hydrogen) atoms. The Bertz CT molecular complexity index is 589. The smallest absolute Gasteiger partial charge is 0.326 e. The van der Waals surface area contributed by atoms with Gasteiger partial charge in [-0.3, -0.25) is 14.9 Å². The number of aliphatic carboxylic acids is 1. The van der Waals surface area contributed by atoms with Crippen LogP contribution in [0.25, 0.3) is 0 Å². The van der Waals surface area contributed by atoms with E-state index in [0.717, 1.165) is 0 Å². The van der Waals surface area contributed by atoms with Crippen LogP contribution in [0.5, 0.6) is 0 Å². The molecule has 0 saturated carbocycles. The standard InChI is InChI=1S/C12H11BrN2O5/c13-9-6-7(15(19)20)3-4-8(9)11(16)14-5-1-2-10(14)12(17)18/h3-4,6,10H,1-2,5H2,(H,17,18)/t10-/m1/s1. The van der Waals surface area contributed by atoms with Crippen molar-refractivity contribution in [1.29, 1.82) is 0 Å². The average molecular weight is 343 g/mol. The minimum atomic E-state index is -1.03. The lowest BCUT2D eigenvalue weighted by Crippen LogP contribution is -2.40. The first-order valence-electron chi connectivity index (χ1n) is 5.89. The number of carbonyl (C=O) groups is 2. The lowest BCUT2D eigenvalue weighted by atomic mass is 10.1. The number of hydrogen-bond acceptors (Lipinski definition) is 4. The normalized spacial score (nSPS) is 18.1. The predicted molar refractivity (Wildman–Crippen MR) is 72.5 cm³/mol. The lowest BCUT2D eigenvalue weighted by molar-refractivity contribution is -0.384. The summed E-state index contributed by atoms with van der Waals surface area (Å²) in [7, 11) is 0. The van der Waals surface area contributed by atoms with Crippen LogP contribution in [0.2, 0.25) is 0 Å². The van der Waals surface area contributed by atoms with Gasteiger partial charge in [0.2, 0.25) is 0 Å². The van der Waals surface area contributed by atoms with Gasteiger partial charge < -0.3 is 10.0 Å². The fourth-order valence-corrected chi connectivity index (χ4v) is 2.75. The summed E-state index contributed by atoms with van der Waals surface area (Å²) in [5.41, 5.74) is 0.0911. The zero-order valence-corrected chi connectivity index (χ0v) is 11.9. The monoisotopic (exact) mass is 342 g/mol. The second-order valence-electron chi connectivity index (χ2n) is 4.42. The van der Waals surface area contributed by atoms with E-state index >= 15 is 0 Å². The van der Waals surface area contributed by atoms with Gasteiger partial charge in [-0.15, -0.1) is 0 Å². The highest BCUT2D eigenvalue weighted by Crippen LogP contribution is 2.27. The van der Waals surface area contributed by atoms with Crippen molar-refractivity contribution in [1.82, 2.24) is 4.90 Å². The van der Waals surface area contributed by atoms with Crippen LogP contribution >= 0.6 is 15.9 Å². The summed E-state index contributed by atoms with van der Waals surface area (Å²) in [6, 6.07) is 2.97. The van der Waals surface area contributed by atoms with Crippen molar-refractivity contribution in [3.8, 4) is 0 Å².